The summed E-state index contributed by atoms with van der Waals surface area (Å²) in [5.74, 6) is 0.591. The lowest BCUT2D eigenvalue weighted by molar-refractivity contribution is -0.127. The number of nitrogens with one attached hydrogen (secondary N) is 2. The lowest BCUT2D eigenvalue weighted by Crippen LogP contribution is -2.55. The van der Waals surface area contributed by atoms with Crippen LogP contribution in [0.25, 0.3) is 0 Å². The van der Waals surface area contributed by atoms with E-state index in [4.69, 9.17) is 0 Å². The molecular weight excluding hydrogens is 212 g/mol. The lowest BCUT2D eigenvalue weighted by Gasteiger charge is -2.35. The summed E-state index contributed by atoms with van der Waals surface area (Å²) in [6.45, 7) is 4.40. The Kier molecular flexibility index (Phi) is 4.43. The quantitative estimate of drug-likeness (QED) is 0.774. The van der Waals surface area contributed by atoms with Crippen molar-refractivity contribution in [2.75, 3.05) is 0 Å². The molecule has 3 heteroatoms. The van der Waals surface area contributed by atoms with Gasteiger partial charge in [0.15, 0.2) is 0 Å². The van der Waals surface area contributed by atoms with Crippen LogP contribution in [0.3, 0.4) is 0 Å². The second-order valence-corrected chi connectivity index (χ2v) is 5.88. The van der Waals surface area contributed by atoms with Crippen LogP contribution in [0.4, 0.5) is 0 Å². The number of carbonyl (C=O) groups excluding carboxylic acids is 1. The molecule has 0 aromatic carbocycles. The van der Waals surface area contributed by atoms with E-state index >= 15 is 0 Å². The van der Waals surface area contributed by atoms with Crippen LogP contribution in [-0.4, -0.2) is 24.0 Å². The van der Waals surface area contributed by atoms with E-state index in [9.17, 15) is 4.79 Å². The molecule has 2 N–H and O–H groups in total. The highest BCUT2D eigenvalue weighted by Crippen LogP contribution is 2.24. The zero-order valence-corrected chi connectivity index (χ0v) is 11.2. The monoisotopic (exact) mass is 238 g/mol. The van der Waals surface area contributed by atoms with E-state index in [2.05, 4.69) is 24.5 Å². The predicted molar refractivity (Wildman–Crippen MR) is 69.8 cm³/mol. The molecule has 1 heterocycles. The van der Waals surface area contributed by atoms with Gasteiger partial charge in [-0.15, -0.1) is 0 Å². The van der Waals surface area contributed by atoms with Crippen molar-refractivity contribution in [3.05, 3.63) is 0 Å². The maximum Gasteiger partial charge on any atom is 0.223 e. The maximum absolute atomic E-state index is 12.2. The molecule has 0 aromatic heterocycles. The van der Waals surface area contributed by atoms with E-state index < -0.39 is 0 Å². The lowest BCUT2D eigenvalue weighted by atomic mass is 9.87. The van der Waals surface area contributed by atoms with Gasteiger partial charge in [-0.1, -0.05) is 19.3 Å². The van der Waals surface area contributed by atoms with Crippen molar-refractivity contribution in [2.45, 2.75) is 76.9 Å². The summed E-state index contributed by atoms with van der Waals surface area (Å²) in [5, 5.41) is 6.78. The van der Waals surface area contributed by atoms with Crippen LogP contribution in [0.5, 0.6) is 0 Å². The van der Waals surface area contributed by atoms with Crippen molar-refractivity contribution in [1.82, 2.24) is 10.6 Å². The van der Waals surface area contributed by atoms with Gasteiger partial charge < -0.3 is 10.6 Å². The second-order valence-electron chi connectivity index (χ2n) is 5.88. The van der Waals surface area contributed by atoms with Gasteiger partial charge in [0.1, 0.15) is 0 Å². The van der Waals surface area contributed by atoms with Crippen molar-refractivity contribution in [1.29, 1.82) is 0 Å². The van der Waals surface area contributed by atoms with E-state index in [-0.39, 0.29) is 5.92 Å². The smallest absolute Gasteiger partial charge is 0.223 e. The summed E-state index contributed by atoms with van der Waals surface area (Å²) in [7, 11) is 0. The fraction of sp³-hybridized carbons (Fsp3) is 0.929. The van der Waals surface area contributed by atoms with Crippen molar-refractivity contribution >= 4 is 5.91 Å². The normalized spacial score (nSPS) is 35.5. The van der Waals surface area contributed by atoms with E-state index in [0.717, 1.165) is 19.3 Å². The van der Waals surface area contributed by atoms with E-state index in [1.54, 1.807) is 0 Å². The Balaban J connectivity index is 1.81. The van der Waals surface area contributed by atoms with E-state index in [1.165, 1.54) is 25.7 Å². The molecule has 3 unspecified atom stereocenters. The molecule has 1 saturated heterocycles. The standard InChI is InChI=1S/C14H26N2O/c1-10-8-9-13(11(2)15-10)16-14(17)12-6-4-3-5-7-12/h10-13,15H,3-9H2,1-2H3,(H,16,17). The Bertz CT molecular complexity index is 261. The van der Waals surface area contributed by atoms with Crippen LogP contribution < -0.4 is 10.6 Å². The van der Waals surface area contributed by atoms with Crippen LogP contribution in [0, 0.1) is 5.92 Å². The van der Waals surface area contributed by atoms with Gasteiger partial charge >= 0.3 is 0 Å². The van der Waals surface area contributed by atoms with Crippen molar-refractivity contribution in [2.24, 2.45) is 5.92 Å². The minimum atomic E-state index is 0.287. The van der Waals surface area contributed by atoms with Crippen molar-refractivity contribution in [3.8, 4) is 0 Å². The van der Waals surface area contributed by atoms with Gasteiger partial charge in [0.25, 0.3) is 0 Å². The van der Waals surface area contributed by atoms with Gasteiger partial charge in [0.05, 0.1) is 0 Å². The molecule has 2 aliphatic rings. The number of carbonyl (C=O) groups is 1. The van der Waals surface area contributed by atoms with Gasteiger partial charge in [0.2, 0.25) is 5.91 Å². The molecule has 0 bridgehead atoms. The highest BCUT2D eigenvalue weighted by atomic mass is 16.1. The van der Waals surface area contributed by atoms with Gasteiger partial charge in [-0.25, -0.2) is 0 Å². The first-order valence-electron chi connectivity index (χ1n) is 7.23. The van der Waals surface area contributed by atoms with Crippen LogP contribution in [0.15, 0.2) is 0 Å². The average molecular weight is 238 g/mol. The second kappa shape index (κ2) is 5.85. The fourth-order valence-corrected chi connectivity index (χ4v) is 3.19. The molecule has 1 saturated carbocycles. The van der Waals surface area contributed by atoms with Gasteiger partial charge in [-0.2, -0.15) is 0 Å². The Morgan fingerprint density at radius 2 is 1.76 bits per heavy atom. The van der Waals surface area contributed by atoms with Gasteiger partial charge in [0, 0.05) is 24.0 Å². The summed E-state index contributed by atoms with van der Waals surface area (Å²) in [6.07, 6.45) is 8.24. The Labute approximate surface area is 105 Å². The first-order valence-corrected chi connectivity index (χ1v) is 7.23. The molecule has 0 spiro atoms. The topological polar surface area (TPSA) is 41.1 Å². The molecule has 98 valence electrons. The first-order chi connectivity index (χ1) is 8.16. The number of rotatable bonds is 2. The van der Waals surface area contributed by atoms with Crippen molar-refractivity contribution in [3.63, 3.8) is 0 Å². The Hall–Kier alpha value is -0.570. The molecule has 1 aliphatic heterocycles. The molecule has 0 radical (unpaired) electrons. The Morgan fingerprint density at radius 3 is 2.41 bits per heavy atom. The molecule has 1 aliphatic carbocycles. The SMILES string of the molecule is CC1CCC(NC(=O)C2CCCCC2)C(C)N1. The molecule has 0 aromatic rings. The van der Waals surface area contributed by atoms with Crippen LogP contribution in [-0.2, 0) is 4.79 Å². The molecule has 3 nitrogen and oxygen atoms in total. The maximum atomic E-state index is 12.2. The fourth-order valence-electron chi connectivity index (χ4n) is 3.19. The van der Waals surface area contributed by atoms with Crippen molar-refractivity contribution < 1.29 is 4.79 Å². The van der Waals surface area contributed by atoms with Crippen LogP contribution in [0.2, 0.25) is 0 Å². The first kappa shape index (κ1) is 12.9. The molecular formula is C14H26N2O. The summed E-state index contributed by atoms with van der Waals surface area (Å²) in [4.78, 5) is 12.2. The largest absolute Gasteiger partial charge is 0.352 e. The Morgan fingerprint density at radius 1 is 1.06 bits per heavy atom. The van der Waals surface area contributed by atoms with Crippen LogP contribution >= 0.6 is 0 Å². The molecule has 3 atom stereocenters. The zero-order chi connectivity index (χ0) is 12.3. The summed E-state index contributed by atoms with van der Waals surface area (Å²) in [5.41, 5.74) is 0. The van der Waals surface area contributed by atoms with Gasteiger partial charge in [-0.3, -0.25) is 4.79 Å². The third kappa shape index (κ3) is 3.44. The summed E-state index contributed by atoms with van der Waals surface area (Å²) < 4.78 is 0. The molecule has 17 heavy (non-hydrogen) atoms. The van der Waals surface area contributed by atoms with Crippen LogP contribution in [0.1, 0.15) is 58.8 Å². The third-order valence-corrected chi connectivity index (χ3v) is 4.37. The minimum absolute atomic E-state index is 0.287. The zero-order valence-electron chi connectivity index (χ0n) is 11.2. The third-order valence-electron chi connectivity index (χ3n) is 4.37. The molecule has 2 fully saturated rings. The highest BCUT2D eigenvalue weighted by molar-refractivity contribution is 5.79. The minimum Gasteiger partial charge on any atom is -0.352 e. The average Bonchev–Trinajstić information content (AvgIpc) is 2.34. The number of amides is 1. The number of hydrogen-bond donors (Lipinski definition) is 2. The predicted octanol–water partition coefficient (Wildman–Crippen LogP) is 2.21. The number of hydrogen-bond acceptors (Lipinski definition) is 2. The van der Waals surface area contributed by atoms with E-state index in [1.807, 2.05) is 0 Å². The van der Waals surface area contributed by atoms with E-state index in [0.29, 0.717) is 24.0 Å². The molecule has 2 rings (SSSR count). The summed E-state index contributed by atoms with van der Waals surface area (Å²) in [6, 6.07) is 1.33. The molecule has 1 amide bonds. The highest BCUT2D eigenvalue weighted by Gasteiger charge is 2.28. The number of piperidine rings is 1. The summed E-state index contributed by atoms with van der Waals surface area (Å²) >= 11 is 0. The van der Waals surface area contributed by atoms with Gasteiger partial charge in [-0.05, 0) is 39.5 Å².